The van der Waals surface area contributed by atoms with Gasteiger partial charge in [-0.3, -0.25) is 4.79 Å². The molecular formula is C14H18N2O3. The first-order chi connectivity index (χ1) is 9.00. The predicted octanol–water partition coefficient (Wildman–Crippen LogP) is 1.59. The fourth-order valence-electron chi connectivity index (χ4n) is 2.58. The van der Waals surface area contributed by atoms with Gasteiger partial charge in [0, 0.05) is 17.8 Å². The lowest BCUT2D eigenvalue weighted by Gasteiger charge is -2.37. The minimum atomic E-state index is -0.934. The molecule has 2 atom stereocenters. The zero-order valence-corrected chi connectivity index (χ0v) is 10.9. The summed E-state index contributed by atoms with van der Waals surface area (Å²) in [5.41, 5.74) is 6.65. The van der Waals surface area contributed by atoms with Gasteiger partial charge >= 0.3 is 5.97 Å². The van der Waals surface area contributed by atoms with Crippen molar-refractivity contribution in [2.45, 2.75) is 25.8 Å². The van der Waals surface area contributed by atoms with Crippen LogP contribution in [0.25, 0.3) is 0 Å². The molecule has 2 unspecified atom stereocenters. The van der Waals surface area contributed by atoms with Crippen molar-refractivity contribution < 1.29 is 14.7 Å². The van der Waals surface area contributed by atoms with Crippen molar-refractivity contribution in [1.29, 1.82) is 0 Å². The minimum Gasteiger partial charge on any atom is -0.480 e. The van der Waals surface area contributed by atoms with Gasteiger partial charge in [-0.25, -0.2) is 4.79 Å². The Hall–Kier alpha value is -2.04. The lowest BCUT2D eigenvalue weighted by atomic mass is 9.90. The summed E-state index contributed by atoms with van der Waals surface area (Å²) < 4.78 is 0. The monoisotopic (exact) mass is 262 g/mol. The van der Waals surface area contributed by atoms with E-state index in [1.807, 2.05) is 6.92 Å². The maximum atomic E-state index is 12.4. The second kappa shape index (κ2) is 5.30. The van der Waals surface area contributed by atoms with Gasteiger partial charge in [-0.1, -0.05) is 6.92 Å². The summed E-state index contributed by atoms with van der Waals surface area (Å²) in [7, 11) is 0. The van der Waals surface area contributed by atoms with Crippen molar-refractivity contribution in [2.75, 3.05) is 12.3 Å². The van der Waals surface area contributed by atoms with Crippen LogP contribution in [-0.2, 0) is 4.79 Å². The average Bonchev–Trinajstić information content (AvgIpc) is 2.38. The first-order valence-corrected chi connectivity index (χ1v) is 6.40. The number of carboxylic acid groups (broad SMARTS) is 1. The quantitative estimate of drug-likeness (QED) is 0.793. The van der Waals surface area contributed by atoms with Crippen LogP contribution in [0.15, 0.2) is 24.3 Å². The number of anilines is 1. The Morgan fingerprint density at radius 2 is 1.95 bits per heavy atom. The summed E-state index contributed by atoms with van der Waals surface area (Å²) in [4.78, 5) is 25.2. The third-order valence-electron chi connectivity index (χ3n) is 3.60. The highest BCUT2D eigenvalue weighted by atomic mass is 16.4. The zero-order valence-electron chi connectivity index (χ0n) is 10.9. The van der Waals surface area contributed by atoms with Gasteiger partial charge in [-0.15, -0.1) is 0 Å². The predicted molar refractivity (Wildman–Crippen MR) is 71.7 cm³/mol. The number of carbonyl (C=O) groups excluding carboxylic acids is 1. The standard InChI is InChI=1S/C14H18N2O3/c1-9-3-2-8-16(12(9)14(18)19)13(17)10-4-6-11(15)7-5-10/h4-7,9,12H,2-3,8,15H2,1H3,(H,18,19). The number of hydrogen-bond acceptors (Lipinski definition) is 3. The Morgan fingerprint density at radius 3 is 2.53 bits per heavy atom. The van der Waals surface area contributed by atoms with Crippen molar-refractivity contribution >= 4 is 17.6 Å². The second-order valence-electron chi connectivity index (χ2n) is 5.02. The van der Waals surface area contributed by atoms with Gasteiger partial charge in [0.1, 0.15) is 6.04 Å². The molecule has 1 aliphatic rings. The van der Waals surface area contributed by atoms with Crippen molar-refractivity contribution in [3.8, 4) is 0 Å². The molecule has 1 amide bonds. The number of amides is 1. The normalized spacial score (nSPS) is 23.1. The molecule has 0 radical (unpaired) electrons. The van der Waals surface area contributed by atoms with E-state index in [1.165, 1.54) is 4.90 Å². The van der Waals surface area contributed by atoms with E-state index in [0.29, 0.717) is 17.8 Å². The molecule has 0 aromatic heterocycles. The first-order valence-electron chi connectivity index (χ1n) is 6.40. The van der Waals surface area contributed by atoms with Crippen LogP contribution in [0.4, 0.5) is 5.69 Å². The number of rotatable bonds is 2. The second-order valence-corrected chi connectivity index (χ2v) is 5.02. The van der Waals surface area contributed by atoms with E-state index in [1.54, 1.807) is 24.3 Å². The summed E-state index contributed by atoms with van der Waals surface area (Å²) >= 11 is 0. The Bertz CT molecular complexity index is 484. The van der Waals surface area contributed by atoms with Crippen LogP contribution in [0, 0.1) is 5.92 Å². The number of nitrogens with two attached hydrogens (primary N) is 1. The van der Waals surface area contributed by atoms with E-state index in [0.717, 1.165) is 12.8 Å². The summed E-state index contributed by atoms with van der Waals surface area (Å²) in [6.45, 7) is 2.37. The molecule has 0 bridgehead atoms. The van der Waals surface area contributed by atoms with Gasteiger partial charge in [-0.2, -0.15) is 0 Å². The Kier molecular flexibility index (Phi) is 3.74. The van der Waals surface area contributed by atoms with Gasteiger partial charge in [0.25, 0.3) is 5.91 Å². The highest BCUT2D eigenvalue weighted by Crippen LogP contribution is 2.25. The number of piperidine rings is 1. The van der Waals surface area contributed by atoms with Gasteiger partial charge < -0.3 is 15.7 Å². The number of hydrogen-bond donors (Lipinski definition) is 2. The molecule has 1 fully saturated rings. The third-order valence-corrected chi connectivity index (χ3v) is 3.60. The van der Waals surface area contributed by atoms with Crippen molar-refractivity contribution in [3.63, 3.8) is 0 Å². The third kappa shape index (κ3) is 2.70. The van der Waals surface area contributed by atoms with Gasteiger partial charge in [0.05, 0.1) is 0 Å². The SMILES string of the molecule is CC1CCCN(C(=O)c2ccc(N)cc2)C1C(=O)O. The fourth-order valence-corrected chi connectivity index (χ4v) is 2.58. The van der Waals surface area contributed by atoms with E-state index >= 15 is 0 Å². The number of nitrogen functional groups attached to an aromatic ring is 1. The minimum absolute atomic E-state index is 0.0241. The van der Waals surface area contributed by atoms with E-state index < -0.39 is 12.0 Å². The van der Waals surface area contributed by atoms with E-state index in [2.05, 4.69) is 0 Å². The Labute approximate surface area is 112 Å². The zero-order chi connectivity index (χ0) is 14.0. The van der Waals surface area contributed by atoms with Crippen molar-refractivity contribution in [3.05, 3.63) is 29.8 Å². The maximum Gasteiger partial charge on any atom is 0.326 e. The maximum absolute atomic E-state index is 12.4. The lowest BCUT2D eigenvalue weighted by molar-refractivity contribution is -0.145. The summed E-state index contributed by atoms with van der Waals surface area (Å²) in [5, 5.41) is 9.31. The van der Waals surface area contributed by atoms with Crippen LogP contribution in [0.1, 0.15) is 30.1 Å². The van der Waals surface area contributed by atoms with E-state index in [4.69, 9.17) is 5.73 Å². The van der Waals surface area contributed by atoms with E-state index in [-0.39, 0.29) is 11.8 Å². The number of carbonyl (C=O) groups is 2. The van der Waals surface area contributed by atoms with Crippen LogP contribution >= 0.6 is 0 Å². The Morgan fingerprint density at radius 1 is 1.32 bits per heavy atom. The van der Waals surface area contributed by atoms with Crippen LogP contribution in [-0.4, -0.2) is 34.5 Å². The van der Waals surface area contributed by atoms with Crippen molar-refractivity contribution in [1.82, 2.24) is 4.90 Å². The molecule has 1 heterocycles. The topological polar surface area (TPSA) is 83.6 Å². The summed E-state index contributed by atoms with van der Waals surface area (Å²) in [6, 6.07) is 5.83. The highest BCUT2D eigenvalue weighted by Gasteiger charge is 2.37. The highest BCUT2D eigenvalue weighted by molar-refractivity contribution is 5.97. The van der Waals surface area contributed by atoms with Crippen LogP contribution in [0.2, 0.25) is 0 Å². The molecule has 1 aromatic rings. The molecular weight excluding hydrogens is 244 g/mol. The molecule has 5 nitrogen and oxygen atoms in total. The lowest BCUT2D eigenvalue weighted by Crippen LogP contribution is -2.51. The number of benzene rings is 1. The molecule has 2 rings (SSSR count). The molecule has 3 N–H and O–H groups in total. The summed E-state index contributed by atoms with van der Waals surface area (Å²) in [6.07, 6.45) is 1.67. The van der Waals surface area contributed by atoms with Gasteiger partial charge in [0.2, 0.25) is 0 Å². The molecule has 102 valence electrons. The van der Waals surface area contributed by atoms with Gasteiger partial charge in [0.15, 0.2) is 0 Å². The number of nitrogens with zero attached hydrogens (tertiary/aromatic N) is 1. The molecule has 0 aliphatic carbocycles. The van der Waals surface area contributed by atoms with E-state index in [9.17, 15) is 14.7 Å². The largest absolute Gasteiger partial charge is 0.480 e. The fraction of sp³-hybridized carbons (Fsp3) is 0.429. The number of aliphatic carboxylic acids is 1. The van der Waals surface area contributed by atoms with Crippen LogP contribution in [0.5, 0.6) is 0 Å². The average molecular weight is 262 g/mol. The molecule has 0 spiro atoms. The molecule has 1 aromatic carbocycles. The molecule has 1 saturated heterocycles. The number of likely N-dealkylation sites (tertiary alicyclic amines) is 1. The molecule has 1 aliphatic heterocycles. The summed E-state index contributed by atoms with van der Waals surface area (Å²) in [5.74, 6) is -1.20. The molecule has 19 heavy (non-hydrogen) atoms. The Balaban J connectivity index is 2.25. The van der Waals surface area contributed by atoms with Gasteiger partial charge in [-0.05, 0) is 43.0 Å². The van der Waals surface area contributed by atoms with Crippen LogP contribution < -0.4 is 5.73 Å². The van der Waals surface area contributed by atoms with Crippen LogP contribution in [0.3, 0.4) is 0 Å². The number of carboxylic acids is 1. The first kappa shape index (κ1) is 13.4. The molecule has 0 saturated carbocycles. The molecule has 5 heteroatoms. The van der Waals surface area contributed by atoms with Crippen molar-refractivity contribution in [2.24, 2.45) is 5.92 Å². The smallest absolute Gasteiger partial charge is 0.326 e.